The van der Waals surface area contributed by atoms with E-state index in [1.54, 1.807) is 47.3 Å². The molecule has 3 N–H and O–H groups in total. The maximum atomic E-state index is 12.8. The number of hydrogen-bond acceptors (Lipinski definition) is 6. The van der Waals surface area contributed by atoms with Gasteiger partial charge in [-0.15, -0.1) is 5.10 Å². The largest absolute Gasteiger partial charge is 0.378 e. The number of hydrogen-bond donors (Lipinski definition) is 3. The van der Waals surface area contributed by atoms with Crippen molar-refractivity contribution in [3.63, 3.8) is 0 Å². The Hall–Kier alpha value is -3.54. The van der Waals surface area contributed by atoms with Crippen LogP contribution in [-0.4, -0.2) is 55.0 Å². The van der Waals surface area contributed by atoms with Gasteiger partial charge in [0.05, 0.1) is 30.6 Å². The fourth-order valence-corrected chi connectivity index (χ4v) is 4.08. The minimum absolute atomic E-state index is 0.0566. The number of morpholine rings is 1. The zero-order chi connectivity index (χ0) is 22.1. The molecule has 4 aromatic rings. The summed E-state index contributed by atoms with van der Waals surface area (Å²) in [6, 6.07) is 14.0. The Morgan fingerprint density at radius 1 is 1.12 bits per heavy atom. The molecule has 2 aromatic carbocycles. The molecule has 1 aliphatic rings. The highest BCUT2D eigenvalue weighted by Crippen LogP contribution is 2.27. The molecule has 0 bridgehead atoms. The summed E-state index contributed by atoms with van der Waals surface area (Å²) >= 11 is -2.13. The van der Waals surface area contributed by atoms with E-state index in [1.165, 1.54) is 0 Å². The molecule has 2 aromatic heterocycles. The highest BCUT2D eigenvalue weighted by Gasteiger charge is 2.16. The molecule has 0 radical (unpaired) electrons. The number of anilines is 2. The number of nitrogens with zero attached hydrogens (tertiary/aromatic N) is 4. The summed E-state index contributed by atoms with van der Waals surface area (Å²) < 4.78 is 29.2. The molecule has 0 saturated carbocycles. The van der Waals surface area contributed by atoms with Crippen molar-refractivity contribution in [3.8, 4) is 16.9 Å². The number of ether oxygens (including phenoxy) is 1. The Bertz CT molecular complexity index is 1340. The predicted octanol–water partition coefficient (Wildman–Crippen LogP) is 2.16. The number of H-pyrrole nitrogens is 1. The summed E-state index contributed by atoms with van der Waals surface area (Å²) in [7, 11) is 0. The summed E-state index contributed by atoms with van der Waals surface area (Å²) in [5.74, 6) is 0.759. The molecular weight excluding hydrogens is 432 g/mol. The van der Waals surface area contributed by atoms with Gasteiger partial charge in [-0.2, -0.15) is 0 Å². The topological polar surface area (TPSA) is 125 Å². The third-order valence-corrected chi connectivity index (χ3v) is 5.72. The average Bonchev–Trinajstić information content (AvgIpc) is 3.29. The van der Waals surface area contributed by atoms with Crippen molar-refractivity contribution in [2.24, 2.45) is 0 Å². The standard InChI is InChI=1S/C21H20N6O4S/c28-19-12-20(26-8-10-31-11-9-26)22-21-16(2-1-3-17(19)21)18-13-27(25-23-18)15-6-4-14(5-7-15)24-32(29)30/h1-7,12-13,24H,8-11H2,(H,22,28)(H,29,30). The van der Waals surface area contributed by atoms with Crippen LogP contribution in [0.2, 0.25) is 0 Å². The highest BCUT2D eigenvalue weighted by molar-refractivity contribution is 7.80. The van der Waals surface area contributed by atoms with Crippen molar-refractivity contribution in [2.75, 3.05) is 35.9 Å². The molecule has 11 heteroatoms. The number of pyridine rings is 1. The first-order valence-corrected chi connectivity index (χ1v) is 11.1. The van der Waals surface area contributed by atoms with Crippen LogP contribution in [0.4, 0.5) is 11.5 Å². The maximum Gasteiger partial charge on any atom is 0.259 e. The first-order chi connectivity index (χ1) is 15.6. The number of aromatic amines is 1. The van der Waals surface area contributed by atoms with Gasteiger partial charge in [-0.1, -0.05) is 17.3 Å². The fourth-order valence-electron chi connectivity index (χ4n) is 3.74. The number of para-hydroxylation sites is 1. The summed E-state index contributed by atoms with van der Waals surface area (Å²) in [5.41, 5.74) is 3.29. The van der Waals surface area contributed by atoms with Crippen molar-refractivity contribution in [1.82, 2.24) is 20.0 Å². The summed E-state index contributed by atoms with van der Waals surface area (Å²) in [6.45, 7) is 2.68. The molecule has 5 rings (SSSR count). The second kappa shape index (κ2) is 8.54. The molecule has 1 saturated heterocycles. The lowest BCUT2D eigenvalue weighted by Crippen LogP contribution is -2.37. The predicted molar refractivity (Wildman–Crippen MR) is 122 cm³/mol. The van der Waals surface area contributed by atoms with Gasteiger partial charge in [-0.25, -0.2) is 8.89 Å². The van der Waals surface area contributed by atoms with E-state index in [4.69, 9.17) is 9.29 Å². The molecule has 1 aliphatic heterocycles. The average molecular weight is 452 g/mol. The van der Waals surface area contributed by atoms with Crippen LogP contribution >= 0.6 is 0 Å². The van der Waals surface area contributed by atoms with Crippen LogP contribution in [0.1, 0.15) is 0 Å². The van der Waals surface area contributed by atoms with Gasteiger partial charge in [0, 0.05) is 35.8 Å². The molecule has 0 aliphatic carbocycles. The van der Waals surface area contributed by atoms with Gasteiger partial charge < -0.3 is 14.6 Å². The van der Waals surface area contributed by atoms with Gasteiger partial charge in [0.15, 0.2) is 5.43 Å². The molecule has 32 heavy (non-hydrogen) atoms. The Morgan fingerprint density at radius 3 is 2.66 bits per heavy atom. The minimum atomic E-state index is -2.13. The van der Waals surface area contributed by atoms with Crippen LogP contribution in [0.15, 0.2) is 59.5 Å². The third kappa shape index (κ3) is 4.00. The Labute approximate surface area is 185 Å². The lowest BCUT2D eigenvalue weighted by molar-refractivity contribution is 0.122. The SMILES string of the molecule is O=c1cc(N2CCOCC2)[nH]c2c(-c3cn(-c4ccc(NS(=O)O)cc4)nn3)cccc12. The fraction of sp³-hybridized carbons (Fsp3) is 0.190. The zero-order valence-corrected chi connectivity index (χ0v) is 17.7. The van der Waals surface area contributed by atoms with Crippen molar-refractivity contribution >= 4 is 33.7 Å². The van der Waals surface area contributed by atoms with Crippen LogP contribution in [0.5, 0.6) is 0 Å². The zero-order valence-electron chi connectivity index (χ0n) is 16.9. The Balaban J connectivity index is 1.52. The summed E-state index contributed by atoms with van der Waals surface area (Å²) in [6.07, 6.45) is 1.78. The highest BCUT2D eigenvalue weighted by atomic mass is 32.2. The van der Waals surface area contributed by atoms with E-state index in [0.29, 0.717) is 48.6 Å². The normalized spacial score (nSPS) is 15.1. The molecular formula is C21H20N6O4S. The lowest BCUT2D eigenvalue weighted by atomic mass is 10.1. The van der Waals surface area contributed by atoms with Crippen LogP contribution in [0, 0.1) is 0 Å². The van der Waals surface area contributed by atoms with Gasteiger partial charge in [0.2, 0.25) is 0 Å². The lowest BCUT2D eigenvalue weighted by Gasteiger charge is -2.28. The van der Waals surface area contributed by atoms with E-state index in [9.17, 15) is 9.00 Å². The quantitative estimate of drug-likeness (QED) is 0.396. The smallest absolute Gasteiger partial charge is 0.259 e. The second-order valence-electron chi connectivity index (χ2n) is 7.29. The summed E-state index contributed by atoms with van der Waals surface area (Å²) in [4.78, 5) is 18.3. The molecule has 164 valence electrons. The second-order valence-corrected chi connectivity index (χ2v) is 8.00. The van der Waals surface area contributed by atoms with E-state index in [-0.39, 0.29) is 5.43 Å². The van der Waals surface area contributed by atoms with E-state index in [0.717, 1.165) is 17.1 Å². The number of rotatable bonds is 5. The molecule has 1 unspecified atom stereocenters. The molecule has 3 heterocycles. The first kappa shape index (κ1) is 20.4. The summed E-state index contributed by atoms with van der Waals surface area (Å²) in [5, 5.41) is 9.11. The van der Waals surface area contributed by atoms with Crippen molar-refractivity contribution in [3.05, 3.63) is 65.0 Å². The van der Waals surface area contributed by atoms with Crippen LogP contribution in [0.3, 0.4) is 0 Å². The van der Waals surface area contributed by atoms with Crippen LogP contribution in [0.25, 0.3) is 27.8 Å². The van der Waals surface area contributed by atoms with E-state index >= 15 is 0 Å². The maximum absolute atomic E-state index is 12.8. The molecule has 1 atom stereocenters. The van der Waals surface area contributed by atoms with E-state index in [2.05, 4.69) is 24.9 Å². The van der Waals surface area contributed by atoms with Gasteiger partial charge in [-0.3, -0.25) is 14.1 Å². The molecule has 1 fully saturated rings. The third-order valence-electron chi connectivity index (χ3n) is 5.31. The number of fused-ring (bicyclic) bond motifs is 1. The van der Waals surface area contributed by atoms with Crippen molar-refractivity contribution in [1.29, 1.82) is 0 Å². The Morgan fingerprint density at radius 2 is 1.91 bits per heavy atom. The molecule has 10 nitrogen and oxygen atoms in total. The molecule has 0 amide bonds. The number of benzene rings is 2. The Kier molecular flexibility index (Phi) is 5.43. The monoisotopic (exact) mass is 452 g/mol. The van der Waals surface area contributed by atoms with Crippen molar-refractivity contribution in [2.45, 2.75) is 0 Å². The van der Waals surface area contributed by atoms with Gasteiger partial charge in [0.25, 0.3) is 11.3 Å². The number of nitrogens with one attached hydrogen (secondary N) is 2. The van der Waals surface area contributed by atoms with E-state index in [1.807, 2.05) is 12.1 Å². The first-order valence-electron chi connectivity index (χ1n) is 9.98. The van der Waals surface area contributed by atoms with Crippen LogP contribution < -0.4 is 15.1 Å². The number of aromatic nitrogens is 4. The van der Waals surface area contributed by atoms with Gasteiger partial charge >= 0.3 is 0 Å². The van der Waals surface area contributed by atoms with Gasteiger partial charge in [0.1, 0.15) is 11.5 Å². The van der Waals surface area contributed by atoms with Crippen molar-refractivity contribution < 1.29 is 13.5 Å². The van der Waals surface area contributed by atoms with E-state index < -0.39 is 11.3 Å². The molecule has 0 spiro atoms. The van der Waals surface area contributed by atoms with Crippen LogP contribution in [-0.2, 0) is 16.0 Å². The minimum Gasteiger partial charge on any atom is -0.378 e. The van der Waals surface area contributed by atoms with Gasteiger partial charge in [-0.05, 0) is 30.3 Å².